The van der Waals surface area contributed by atoms with Gasteiger partial charge in [0.2, 0.25) is 11.8 Å². The molecule has 1 atom stereocenters. The smallest absolute Gasteiger partial charge is 0.227 e. The summed E-state index contributed by atoms with van der Waals surface area (Å²) >= 11 is 0. The van der Waals surface area contributed by atoms with Gasteiger partial charge in [0.15, 0.2) is 0 Å². The highest BCUT2D eigenvalue weighted by Crippen LogP contribution is 2.16. The highest BCUT2D eigenvalue weighted by molar-refractivity contribution is 5.89. The van der Waals surface area contributed by atoms with E-state index in [9.17, 15) is 9.59 Å². The van der Waals surface area contributed by atoms with E-state index in [1.807, 2.05) is 11.8 Å². The van der Waals surface area contributed by atoms with Crippen LogP contribution in [0.3, 0.4) is 0 Å². The Kier molecular flexibility index (Phi) is 5.45. The van der Waals surface area contributed by atoms with E-state index in [1.165, 1.54) is 0 Å². The van der Waals surface area contributed by atoms with Crippen molar-refractivity contribution in [2.24, 2.45) is 11.8 Å². The van der Waals surface area contributed by atoms with Gasteiger partial charge < -0.3 is 10.2 Å². The van der Waals surface area contributed by atoms with Gasteiger partial charge in [0.25, 0.3) is 0 Å². The minimum atomic E-state index is -0.142. The summed E-state index contributed by atoms with van der Waals surface area (Å²) in [6.07, 6.45) is 2.56. The first kappa shape index (κ1) is 14.0. The molecule has 1 fully saturated rings. The van der Waals surface area contributed by atoms with E-state index in [2.05, 4.69) is 19.2 Å². The number of hydrogen-bond donors (Lipinski definition) is 1. The second kappa shape index (κ2) is 6.62. The van der Waals surface area contributed by atoms with Gasteiger partial charge in [-0.3, -0.25) is 9.59 Å². The fourth-order valence-electron chi connectivity index (χ4n) is 2.27. The van der Waals surface area contributed by atoms with Gasteiger partial charge in [0, 0.05) is 26.1 Å². The van der Waals surface area contributed by atoms with Crippen molar-refractivity contribution in [1.29, 1.82) is 0 Å². The van der Waals surface area contributed by atoms with Crippen LogP contribution < -0.4 is 5.32 Å². The zero-order valence-electron chi connectivity index (χ0n) is 11.2. The van der Waals surface area contributed by atoms with Gasteiger partial charge >= 0.3 is 0 Å². The van der Waals surface area contributed by atoms with Crippen molar-refractivity contribution in [2.45, 2.75) is 40.0 Å². The van der Waals surface area contributed by atoms with Crippen molar-refractivity contribution < 1.29 is 9.59 Å². The molecule has 1 N–H and O–H groups in total. The molecule has 4 heteroatoms. The molecule has 1 unspecified atom stereocenters. The fraction of sp³-hybridized carbons (Fsp3) is 0.846. The molecular formula is C13H24N2O2. The molecule has 0 bridgehead atoms. The first-order valence-electron chi connectivity index (χ1n) is 6.67. The van der Waals surface area contributed by atoms with E-state index in [-0.39, 0.29) is 17.7 Å². The number of nitrogens with zero attached hydrogens (tertiary/aromatic N) is 1. The lowest BCUT2D eigenvalue weighted by Gasteiger charge is -2.27. The first-order valence-corrected chi connectivity index (χ1v) is 6.67. The number of amides is 2. The summed E-state index contributed by atoms with van der Waals surface area (Å²) in [5, 5.41) is 2.72. The van der Waals surface area contributed by atoms with Gasteiger partial charge in [-0.15, -0.1) is 0 Å². The maximum atomic E-state index is 12.2. The van der Waals surface area contributed by atoms with Crippen LogP contribution in [0.25, 0.3) is 0 Å². The Hall–Kier alpha value is -1.06. The van der Waals surface area contributed by atoms with Crippen molar-refractivity contribution in [3.8, 4) is 0 Å². The van der Waals surface area contributed by atoms with Gasteiger partial charge in [-0.05, 0) is 12.8 Å². The highest BCUT2D eigenvalue weighted by atomic mass is 16.2. The molecule has 0 aromatic heterocycles. The van der Waals surface area contributed by atoms with E-state index < -0.39 is 0 Å². The summed E-state index contributed by atoms with van der Waals surface area (Å²) in [6.45, 7) is 8.40. The van der Waals surface area contributed by atoms with Crippen LogP contribution >= 0.6 is 0 Å². The predicted octanol–water partition coefficient (Wildman–Crippen LogP) is 1.41. The van der Waals surface area contributed by atoms with Gasteiger partial charge in [-0.1, -0.05) is 26.7 Å². The molecule has 98 valence electrons. The quantitative estimate of drug-likeness (QED) is 0.763. The normalized spacial score (nSPS) is 19.5. The molecule has 2 amide bonds. The van der Waals surface area contributed by atoms with E-state index in [0.717, 1.165) is 25.9 Å². The van der Waals surface area contributed by atoms with E-state index >= 15 is 0 Å². The summed E-state index contributed by atoms with van der Waals surface area (Å²) in [6, 6.07) is 0. The molecule has 0 radical (unpaired) electrons. The topological polar surface area (TPSA) is 49.4 Å². The van der Waals surface area contributed by atoms with E-state index in [4.69, 9.17) is 0 Å². The van der Waals surface area contributed by atoms with Crippen molar-refractivity contribution in [3.05, 3.63) is 0 Å². The van der Waals surface area contributed by atoms with Crippen LogP contribution in [0.15, 0.2) is 0 Å². The van der Waals surface area contributed by atoms with Crippen LogP contribution in [0.4, 0.5) is 0 Å². The number of carbonyl (C=O) groups excluding carboxylic acids is 2. The summed E-state index contributed by atoms with van der Waals surface area (Å²) in [7, 11) is 0. The Balaban J connectivity index is 2.54. The maximum absolute atomic E-state index is 12.2. The Labute approximate surface area is 104 Å². The lowest BCUT2D eigenvalue weighted by molar-refractivity contribution is -0.136. The molecule has 0 aromatic carbocycles. The largest absolute Gasteiger partial charge is 0.355 e. The molecule has 0 aromatic rings. The average Bonchev–Trinajstić information content (AvgIpc) is 2.77. The third-order valence-corrected chi connectivity index (χ3v) is 3.65. The van der Waals surface area contributed by atoms with Gasteiger partial charge in [0.1, 0.15) is 0 Å². The van der Waals surface area contributed by atoms with Crippen LogP contribution in [0.2, 0.25) is 0 Å². The Morgan fingerprint density at radius 2 is 2.06 bits per heavy atom. The molecule has 0 aliphatic carbocycles. The molecule has 0 spiro atoms. The van der Waals surface area contributed by atoms with Crippen molar-refractivity contribution >= 4 is 11.8 Å². The van der Waals surface area contributed by atoms with Crippen LogP contribution in [-0.2, 0) is 9.59 Å². The standard InChI is InChI=1S/C13H24N2O2/c1-4-10(5-2)9-15(6-3)13(17)11-7-12(16)14-8-11/h10-11H,4-9H2,1-3H3,(H,14,16). The third-order valence-electron chi connectivity index (χ3n) is 3.65. The first-order chi connectivity index (χ1) is 8.12. The molecule has 1 aliphatic rings. The molecule has 1 rings (SSSR count). The van der Waals surface area contributed by atoms with Crippen LogP contribution in [-0.4, -0.2) is 36.3 Å². The maximum Gasteiger partial charge on any atom is 0.227 e. The minimum Gasteiger partial charge on any atom is -0.355 e. The van der Waals surface area contributed by atoms with E-state index in [0.29, 0.717) is 18.9 Å². The molecule has 1 aliphatic heterocycles. The predicted molar refractivity (Wildman–Crippen MR) is 67.4 cm³/mol. The summed E-state index contributed by atoms with van der Waals surface area (Å²) in [5.74, 6) is 0.570. The molecule has 4 nitrogen and oxygen atoms in total. The molecule has 17 heavy (non-hydrogen) atoms. The lowest BCUT2D eigenvalue weighted by atomic mass is 10.0. The Morgan fingerprint density at radius 3 is 2.47 bits per heavy atom. The fourth-order valence-corrected chi connectivity index (χ4v) is 2.27. The zero-order valence-corrected chi connectivity index (χ0v) is 11.2. The second-order valence-corrected chi connectivity index (χ2v) is 4.76. The number of carbonyl (C=O) groups is 2. The molecule has 0 saturated carbocycles. The van der Waals surface area contributed by atoms with Crippen LogP contribution in [0, 0.1) is 11.8 Å². The van der Waals surface area contributed by atoms with E-state index in [1.54, 1.807) is 0 Å². The SMILES string of the molecule is CCC(CC)CN(CC)C(=O)C1CNC(=O)C1. The molecule has 1 heterocycles. The summed E-state index contributed by atoms with van der Waals surface area (Å²) < 4.78 is 0. The third kappa shape index (κ3) is 3.72. The number of nitrogens with one attached hydrogen (secondary N) is 1. The van der Waals surface area contributed by atoms with Crippen LogP contribution in [0.1, 0.15) is 40.0 Å². The van der Waals surface area contributed by atoms with Crippen molar-refractivity contribution in [3.63, 3.8) is 0 Å². The van der Waals surface area contributed by atoms with Crippen molar-refractivity contribution in [1.82, 2.24) is 10.2 Å². The van der Waals surface area contributed by atoms with Crippen molar-refractivity contribution in [2.75, 3.05) is 19.6 Å². The Morgan fingerprint density at radius 1 is 1.41 bits per heavy atom. The van der Waals surface area contributed by atoms with Crippen LogP contribution in [0.5, 0.6) is 0 Å². The van der Waals surface area contributed by atoms with Gasteiger partial charge in [0.05, 0.1) is 5.92 Å². The monoisotopic (exact) mass is 240 g/mol. The minimum absolute atomic E-state index is 0.00179. The summed E-state index contributed by atoms with van der Waals surface area (Å²) in [5.41, 5.74) is 0. The average molecular weight is 240 g/mol. The molecular weight excluding hydrogens is 216 g/mol. The highest BCUT2D eigenvalue weighted by Gasteiger charge is 2.31. The van der Waals surface area contributed by atoms with Gasteiger partial charge in [-0.25, -0.2) is 0 Å². The number of hydrogen-bond acceptors (Lipinski definition) is 2. The number of rotatable bonds is 6. The zero-order chi connectivity index (χ0) is 12.8. The molecule has 1 saturated heterocycles. The summed E-state index contributed by atoms with van der Waals surface area (Å²) in [4.78, 5) is 25.3. The Bertz CT molecular complexity index is 275. The van der Waals surface area contributed by atoms with Gasteiger partial charge in [-0.2, -0.15) is 0 Å². The second-order valence-electron chi connectivity index (χ2n) is 4.76. The lowest BCUT2D eigenvalue weighted by Crippen LogP contribution is -2.39.